The molecular weight excluding hydrogens is 416 g/mol. The van der Waals surface area contributed by atoms with Crippen LogP contribution in [0.5, 0.6) is 0 Å². The minimum absolute atomic E-state index is 0. The summed E-state index contributed by atoms with van der Waals surface area (Å²) in [7, 11) is 0. The van der Waals surface area contributed by atoms with Crippen LogP contribution in [0.3, 0.4) is 0 Å². The Hall–Kier alpha value is -0.0100. The first-order valence-electron chi connectivity index (χ1n) is 7.24. The van der Waals surface area contributed by atoms with Crippen LogP contribution >= 0.6 is 40.7 Å². The van der Waals surface area contributed by atoms with Gasteiger partial charge in [-0.2, -0.15) is 13.2 Å². The summed E-state index contributed by atoms with van der Waals surface area (Å²) >= 11 is 3.22. The maximum absolute atomic E-state index is 13.0. The summed E-state index contributed by atoms with van der Waals surface area (Å²) in [4.78, 5) is 2.28. The van der Waals surface area contributed by atoms with Crippen LogP contribution in [0.15, 0.2) is 22.7 Å². The predicted octanol–water partition coefficient (Wildman–Crippen LogP) is 5.06. The summed E-state index contributed by atoms with van der Waals surface area (Å²) in [5.74, 6) is 0. The molecule has 8 heteroatoms. The SMILES string of the molecule is CCC[C@H](c1cc(Br)cc(C(F)(F)F)c1)N1CCNCC1.Cl.Cl. The van der Waals surface area contributed by atoms with Gasteiger partial charge in [-0.15, -0.1) is 24.8 Å². The van der Waals surface area contributed by atoms with Gasteiger partial charge in [-0.1, -0.05) is 29.3 Å². The fraction of sp³-hybridized carbons (Fsp3) is 0.600. The fourth-order valence-corrected chi connectivity index (χ4v) is 3.31. The Bertz CT molecular complexity index is 480. The maximum atomic E-state index is 13.0. The minimum Gasteiger partial charge on any atom is -0.314 e. The van der Waals surface area contributed by atoms with Crippen LogP contribution in [-0.4, -0.2) is 31.1 Å². The molecule has 2 nitrogen and oxygen atoms in total. The first-order valence-corrected chi connectivity index (χ1v) is 8.03. The quantitative estimate of drug-likeness (QED) is 0.708. The number of alkyl halides is 3. The van der Waals surface area contributed by atoms with E-state index in [9.17, 15) is 13.2 Å². The smallest absolute Gasteiger partial charge is 0.314 e. The van der Waals surface area contributed by atoms with Gasteiger partial charge >= 0.3 is 6.18 Å². The van der Waals surface area contributed by atoms with Crippen molar-refractivity contribution in [3.8, 4) is 0 Å². The van der Waals surface area contributed by atoms with Crippen molar-refractivity contribution in [3.63, 3.8) is 0 Å². The highest BCUT2D eigenvalue weighted by molar-refractivity contribution is 9.10. The summed E-state index contributed by atoms with van der Waals surface area (Å²) in [5.41, 5.74) is 0.170. The van der Waals surface area contributed by atoms with E-state index in [1.165, 1.54) is 6.07 Å². The lowest BCUT2D eigenvalue weighted by Gasteiger charge is -2.35. The topological polar surface area (TPSA) is 15.3 Å². The van der Waals surface area contributed by atoms with Gasteiger partial charge in [0, 0.05) is 36.7 Å². The summed E-state index contributed by atoms with van der Waals surface area (Å²) in [5, 5.41) is 3.28. The van der Waals surface area contributed by atoms with Gasteiger partial charge in [0.05, 0.1) is 5.56 Å². The van der Waals surface area contributed by atoms with E-state index in [0.717, 1.165) is 50.7 Å². The van der Waals surface area contributed by atoms with Crippen molar-refractivity contribution in [1.29, 1.82) is 0 Å². The van der Waals surface area contributed by atoms with Crippen molar-refractivity contribution in [2.75, 3.05) is 26.2 Å². The van der Waals surface area contributed by atoms with Crippen molar-refractivity contribution in [2.24, 2.45) is 0 Å². The standard InChI is InChI=1S/C15H20BrF3N2.2ClH/c1-2-3-14(21-6-4-20-5-7-21)11-8-12(15(17,18)19)10-13(16)9-11;;/h8-10,14,20H,2-7H2,1H3;2*1H/t14-;;/m1../s1. The molecule has 2 rings (SSSR count). The molecule has 1 saturated heterocycles. The Labute approximate surface area is 156 Å². The van der Waals surface area contributed by atoms with Crippen molar-refractivity contribution in [3.05, 3.63) is 33.8 Å². The lowest BCUT2D eigenvalue weighted by Crippen LogP contribution is -2.45. The second-order valence-electron chi connectivity index (χ2n) is 5.36. The molecule has 1 aromatic carbocycles. The third-order valence-corrected chi connectivity index (χ3v) is 4.24. The van der Waals surface area contributed by atoms with Crippen LogP contribution in [0, 0.1) is 0 Å². The molecule has 1 aliphatic heterocycles. The van der Waals surface area contributed by atoms with Crippen LogP contribution in [0.25, 0.3) is 0 Å². The zero-order valence-electron chi connectivity index (χ0n) is 12.8. The van der Waals surface area contributed by atoms with Gasteiger partial charge in [0.1, 0.15) is 0 Å². The summed E-state index contributed by atoms with van der Waals surface area (Å²) in [6.45, 7) is 5.59. The molecule has 1 aromatic rings. The Kier molecular flexibility index (Phi) is 10.1. The molecule has 0 amide bonds. The molecule has 1 N–H and O–H groups in total. The van der Waals surface area contributed by atoms with Crippen molar-refractivity contribution < 1.29 is 13.2 Å². The lowest BCUT2D eigenvalue weighted by molar-refractivity contribution is -0.137. The molecule has 0 aliphatic carbocycles. The third-order valence-electron chi connectivity index (χ3n) is 3.79. The summed E-state index contributed by atoms with van der Waals surface area (Å²) in [6.07, 6.45) is -2.49. The fourth-order valence-electron chi connectivity index (χ4n) is 2.80. The molecule has 23 heavy (non-hydrogen) atoms. The molecule has 1 aliphatic rings. The van der Waals surface area contributed by atoms with E-state index >= 15 is 0 Å². The van der Waals surface area contributed by atoms with Gasteiger partial charge in [0.25, 0.3) is 0 Å². The number of benzene rings is 1. The second-order valence-corrected chi connectivity index (χ2v) is 6.28. The van der Waals surface area contributed by atoms with E-state index < -0.39 is 11.7 Å². The van der Waals surface area contributed by atoms with Crippen molar-refractivity contribution >= 4 is 40.7 Å². The van der Waals surface area contributed by atoms with Gasteiger partial charge in [-0.3, -0.25) is 4.90 Å². The van der Waals surface area contributed by atoms with E-state index in [1.807, 2.05) is 6.07 Å². The molecule has 0 unspecified atom stereocenters. The molecule has 1 atom stereocenters. The Morgan fingerprint density at radius 3 is 2.30 bits per heavy atom. The summed E-state index contributed by atoms with van der Waals surface area (Å²) in [6, 6.07) is 4.31. The molecule has 0 radical (unpaired) electrons. The highest BCUT2D eigenvalue weighted by atomic mass is 79.9. The number of nitrogens with zero attached hydrogens (tertiary/aromatic N) is 1. The first kappa shape index (κ1) is 23.0. The van der Waals surface area contributed by atoms with E-state index in [1.54, 1.807) is 0 Å². The Balaban J connectivity index is 0.00000242. The third kappa shape index (κ3) is 6.42. The van der Waals surface area contributed by atoms with E-state index in [0.29, 0.717) is 4.47 Å². The van der Waals surface area contributed by atoms with Crippen molar-refractivity contribution in [1.82, 2.24) is 10.2 Å². The zero-order chi connectivity index (χ0) is 15.5. The summed E-state index contributed by atoms with van der Waals surface area (Å²) < 4.78 is 39.5. The van der Waals surface area contributed by atoms with Crippen molar-refractivity contribution in [2.45, 2.75) is 32.0 Å². The second kappa shape index (κ2) is 10.1. The molecule has 0 spiro atoms. The van der Waals surface area contributed by atoms with Gasteiger partial charge in [0.15, 0.2) is 0 Å². The highest BCUT2D eigenvalue weighted by Gasteiger charge is 2.32. The molecule has 0 bridgehead atoms. The van der Waals surface area contributed by atoms with Crippen LogP contribution in [0.4, 0.5) is 13.2 Å². The molecule has 1 fully saturated rings. The lowest BCUT2D eigenvalue weighted by atomic mass is 9.98. The van der Waals surface area contributed by atoms with E-state index in [2.05, 4.69) is 33.1 Å². The Morgan fingerprint density at radius 1 is 1.17 bits per heavy atom. The van der Waals surface area contributed by atoms with Gasteiger partial charge < -0.3 is 5.32 Å². The largest absolute Gasteiger partial charge is 0.416 e. The number of hydrogen-bond donors (Lipinski definition) is 1. The minimum atomic E-state index is -4.31. The number of hydrogen-bond acceptors (Lipinski definition) is 2. The number of nitrogens with one attached hydrogen (secondary N) is 1. The van der Waals surface area contributed by atoms with E-state index in [4.69, 9.17) is 0 Å². The molecule has 0 aromatic heterocycles. The number of rotatable bonds is 4. The molecular formula is C15H22BrCl2F3N2. The van der Waals surface area contributed by atoms with Crippen LogP contribution in [-0.2, 0) is 6.18 Å². The van der Waals surface area contributed by atoms with Gasteiger partial charge in [-0.25, -0.2) is 0 Å². The predicted molar refractivity (Wildman–Crippen MR) is 95.7 cm³/mol. The first-order chi connectivity index (χ1) is 9.91. The van der Waals surface area contributed by atoms with E-state index in [-0.39, 0.29) is 30.9 Å². The van der Waals surface area contributed by atoms with Crippen LogP contribution < -0.4 is 5.32 Å². The zero-order valence-corrected chi connectivity index (χ0v) is 16.0. The Morgan fingerprint density at radius 2 is 1.78 bits per heavy atom. The average Bonchev–Trinajstić information content (AvgIpc) is 2.44. The van der Waals surface area contributed by atoms with Gasteiger partial charge in [-0.05, 0) is 30.2 Å². The normalized spacial score (nSPS) is 17.1. The maximum Gasteiger partial charge on any atom is 0.416 e. The average molecular weight is 438 g/mol. The number of piperazine rings is 1. The molecule has 0 saturated carbocycles. The number of halogens is 6. The van der Waals surface area contributed by atoms with Crippen LogP contribution in [0.1, 0.15) is 36.9 Å². The molecule has 134 valence electrons. The monoisotopic (exact) mass is 436 g/mol. The van der Waals surface area contributed by atoms with Crippen LogP contribution in [0.2, 0.25) is 0 Å². The van der Waals surface area contributed by atoms with Gasteiger partial charge in [0.2, 0.25) is 0 Å². The highest BCUT2D eigenvalue weighted by Crippen LogP contribution is 2.35. The molecule has 1 heterocycles.